The Morgan fingerprint density at radius 1 is 0.718 bits per heavy atom. The van der Waals surface area contributed by atoms with E-state index in [1.165, 1.54) is 0 Å². The lowest BCUT2D eigenvalue weighted by atomic mass is 10.1. The molecule has 0 aliphatic rings. The SMILES string of the molecule is C=Cc1ccc(NC(=O)c2ccc(-c3ccc(C(=O)Nc4ccccc4)cn3)cc2)cc1/C=C\C.CC.CC. The largest absolute Gasteiger partial charge is 0.322 e. The second-order valence-corrected chi connectivity index (χ2v) is 7.83. The number of para-hydroxylation sites is 1. The van der Waals surface area contributed by atoms with Crippen molar-refractivity contribution in [1.82, 2.24) is 4.98 Å². The van der Waals surface area contributed by atoms with E-state index >= 15 is 0 Å². The van der Waals surface area contributed by atoms with Crippen molar-refractivity contribution in [2.75, 3.05) is 10.6 Å². The quantitative estimate of drug-likeness (QED) is 0.256. The molecule has 0 radical (unpaired) electrons. The van der Waals surface area contributed by atoms with Crippen LogP contribution in [-0.4, -0.2) is 16.8 Å². The van der Waals surface area contributed by atoms with Crippen molar-refractivity contribution in [2.24, 2.45) is 0 Å². The first-order chi connectivity index (χ1) is 19.1. The van der Waals surface area contributed by atoms with Gasteiger partial charge in [-0.3, -0.25) is 14.6 Å². The van der Waals surface area contributed by atoms with E-state index in [1.54, 1.807) is 36.5 Å². The zero-order chi connectivity index (χ0) is 28.6. The number of carbonyl (C=O) groups is 2. The van der Waals surface area contributed by atoms with Crippen molar-refractivity contribution in [3.63, 3.8) is 0 Å². The predicted octanol–water partition coefficient (Wildman–Crippen LogP) is 8.98. The van der Waals surface area contributed by atoms with Gasteiger partial charge in [-0.1, -0.05) is 88.9 Å². The fraction of sp³-hybridized carbons (Fsp3) is 0.147. The van der Waals surface area contributed by atoms with Crippen LogP contribution >= 0.6 is 0 Å². The Bertz CT molecular complexity index is 1370. The van der Waals surface area contributed by atoms with Crippen molar-refractivity contribution < 1.29 is 9.59 Å². The van der Waals surface area contributed by atoms with Crippen molar-refractivity contribution >= 4 is 35.3 Å². The number of benzene rings is 3. The number of nitrogens with zero attached hydrogens (tertiary/aromatic N) is 1. The third kappa shape index (κ3) is 8.64. The highest BCUT2D eigenvalue weighted by molar-refractivity contribution is 6.05. The Labute approximate surface area is 232 Å². The summed E-state index contributed by atoms with van der Waals surface area (Å²) in [4.78, 5) is 29.6. The summed E-state index contributed by atoms with van der Waals surface area (Å²) in [5.74, 6) is -0.420. The second-order valence-electron chi connectivity index (χ2n) is 7.83. The average molecular weight is 520 g/mol. The number of amides is 2. The molecule has 0 atom stereocenters. The minimum atomic E-state index is -0.221. The number of carbonyl (C=O) groups excluding carboxylic acids is 2. The molecule has 5 heteroatoms. The van der Waals surface area contributed by atoms with Crippen LogP contribution < -0.4 is 10.6 Å². The molecule has 4 rings (SSSR count). The van der Waals surface area contributed by atoms with Crippen LogP contribution in [0.1, 0.15) is 66.5 Å². The van der Waals surface area contributed by atoms with Gasteiger partial charge in [-0.15, -0.1) is 0 Å². The molecular weight excluding hydrogens is 482 g/mol. The van der Waals surface area contributed by atoms with E-state index in [9.17, 15) is 9.59 Å². The van der Waals surface area contributed by atoms with Crippen LogP contribution in [-0.2, 0) is 0 Å². The van der Waals surface area contributed by atoms with Gasteiger partial charge in [0.15, 0.2) is 0 Å². The normalized spacial score (nSPS) is 9.87. The topological polar surface area (TPSA) is 71.1 Å². The van der Waals surface area contributed by atoms with E-state index in [0.29, 0.717) is 22.5 Å². The first kappa shape index (κ1) is 30.5. The highest BCUT2D eigenvalue weighted by Gasteiger charge is 2.10. The molecule has 0 aliphatic carbocycles. The number of anilines is 2. The van der Waals surface area contributed by atoms with Crippen LogP contribution in [0.3, 0.4) is 0 Å². The maximum atomic E-state index is 12.7. The van der Waals surface area contributed by atoms with Gasteiger partial charge in [0.1, 0.15) is 0 Å². The van der Waals surface area contributed by atoms with Gasteiger partial charge in [-0.25, -0.2) is 0 Å². The molecule has 200 valence electrons. The van der Waals surface area contributed by atoms with E-state index in [4.69, 9.17) is 0 Å². The summed E-state index contributed by atoms with van der Waals surface area (Å²) in [6.07, 6.45) is 7.26. The van der Waals surface area contributed by atoms with Crippen LogP contribution in [0.4, 0.5) is 11.4 Å². The minimum absolute atomic E-state index is 0.199. The van der Waals surface area contributed by atoms with E-state index in [1.807, 2.05) is 107 Å². The van der Waals surface area contributed by atoms with Crippen LogP contribution in [0.15, 0.2) is 104 Å². The highest BCUT2D eigenvalue weighted by atomic mass is 16.2. The number of hydrogen-bond acceptors (Lipinski definition) is 3. The summed E-state index contributed by atoms with van der Waals surface area (Å²) >= 11 is 0. The van der Waals surface area contributed by atoms with Crippen molar-refractivity contribution in [2.45, 2.75) is 34.6 Å². The van der Waals surface area contributed by atoms with Crippen LogP contribution in [0.25, 0.3) is 23.4 Å². The summed E-state index contributed by atoms with van der Waals surface area (Å²) < 4.78 is 0. The number of allylic oxidation sites excluding steroid dienone is 1. The fourth-order valence-corrected chi connectivity index (χ4v) is 3.58. The number of hydrogen-bond donors (Lipinski definition) is 2. The smallest absolute Gasteiger partial charge is 0.257 e. The summed E-state index contributed by atoms with van der Waals surface area (Å²) in [6.45, 7) is 13.8. The van der Waals surface area contributed by atoms with Crippen molar-refractivity contribution in [1.29, 1.82) is 0 Å². The molecule has 0 unspecified atom stereocenters. The molecule has 2 N–H and O–H groups in total. The number of nitrogens with one attached hydrogen (secondary N) is 2. The molecule has 5 nitrogen and oxygen atoms in total. The lowest BCUT2D eigenvalue weighted by Gasteiger charge is -2.09. The summed E-state index contributed by atoms with van der Waals surface area (Å²) in [5, 5.41) is 5.78. The standard InChI is InChI=1S/C30H25N3O2.2C2H6/c1-3-8-24-19-27(17-15-21(24)4-2)33-29(34)23-13-11-22(12-14-23)28-18-16-25(20-31-28)30(35)32-26-9-6-5-7-10-26;2*1-2/h3-20H,2H2,1H3,(H,32,35)(H,33,34);2*1-2H3/b8-3-;;. The number of aromatic nitrogens is 1. The van der Waals surface area contributed by atoms with Crippen molar-refractivity contribution in [3.05, 3.63) is 126 Å². The van der Waals surface area contributed by atoms with Gasteiger partial charge in [-0.2, -0.15) is 0 Å². The van der Waals surface area contributed by atoms with Crippen LogP contribution in [0.2, 0.25) is 0 Å². The number of rotatable bonds is 7. The van der Waals surface area contributed by atoms with E-state index in [0.717, 1.165) is 22.4 Å². The van der Waals surface area contributed by atoms with Gasteiger partial charge in [-0.05, 0) is 66.6 Å². The fourth-order valence-electron chi connectivity index (χ4n) is 3.58. The highest BCUT2D eigenvalue weighted by Crippen LogP contribution is 2.21. The summed E-state index contributed by atoms with van der Waals surface area (Å²) in [7, 11) is 0. The van der Waals surface area contributed by atoms with Gasteiger partial charge in [0, 0.05) is 28.7 Å². The molecule has 0 saturated heterocycles. The van der Waals surface area contributed by atoms with E-state index in [2.05, 4.69) is 22.2 Å². The Hall–Kier alpha value is -4.77. The van der Waals surface area contributed by atoms with Gasteiger partial charge >= 0.3 is 0 Å². The molecule has 0 saturated carbocycles. The van der Waals surface area contributed by atoms with Crippen LogP contribution in [0.5, 0.6) is 0 Å². The molecule has 1 heterocycles. The van der Waals surface area contributed by atoms with E-state index < -0.39 is 0 Å². The third-order valence-electron chi connectivity index (χ3n) is 5.41. The molecule has 0 spiro atoms. The molecule has 0 fully saturated rings. The zero-order valence-electron chi connectivity index (χ0n) is 23.4. The summed E-state index contributed by atoms with van der Waals surface area (Å²) in [5.41, 5.74) is 5.99. The number of pyridine rings is 1. The van der Waals surface area contributed by atoms with E-state index in [-0.39, 0.29) is 11.8 Å². The van der Waals surface area contributed by atoms with Gasteiger partial charge in [0.25, 0.3) is 11.8 Å². The molecule has 2 amide bonds. The first-order valence-corrected chi connectivity index (χ1v) is 13.2. The average Bonchev–Trinajstić information content (AvgIpc) is 3.00. The molecule has 0 bridgehead atoms. The monoisotopic (exact) mass is 519 g/mol. The Morgan fingerprint density at radius 3 is 1.92 bits per heavy atom. The Kier molecular flexibility index (Phi) is 12.6. The molecule has 3 aromatic carbocycles. The maximum absolute atomic E-state index is 12.7. The zero-order valence-corrected chi connectivity index (χ0v) is 23.4. The van der Waals surface area contributed by atoms with Gasteiger partial charge < -0.3 is 10.6 Å². The Morgan fingerprint density at radius 2 is 1.33 bits per heavy atom. The molecule has 1 aromatic heterocycles. The lowest BCUT2D eigenvalue weighted by molar-refractivity contribution is 0.101. The van der Waals surface area contributed by atoms with Crippen LogP contribution in [0, 0.1) is 0 Å². The molecule has 39 heavy (non-hydrogen) atoms. The first-order valence-electron chi connectivity index (χ1n) is 13.2. The Balaban J connectivity index is 0.00000127. The molecule has 0 aliphatic heterocycles. The van der Waals surface area contributed by atoms with Gasteiger partial charge in [0.2, 0.25) is 0 Å². The third-order valence-corrected chi connectivity index (χ3v) is 5.41. The van der Waals surface area contributed by atoms with Gasteiger partial charge in [0.05, 0.1) is 11.3 Å². The molecular formula is C34H37N3O2. The minimum Gasteiger partial charge on any atom is -0.322 e. The maximum Gasteiger partial charge on any atom is 0.257 e. The predicted molar refractivity (Wildman–Crippen MR) is 166 cm³/mol. The van der Waals surface area contributed by atoms with Crippen molar-refractivity contribution in [3.8, 4) is 11.3 Å². The molecule has 4 aromatic rings. The summed E-state index contributed by atoms with van der Waals surface area (Å²) in [6, 6.07) is 25.7. The lowest BCUT2D eigenvalue weighted by Crippen LogP contribution is -2.12. The second kappa shape index (κ2) is 16.2.